The maximum Gasteiger partial charge on any atom is 0.261 e. The summed E-state index contributed by atoms with van der Waals surface area (Å²) in [7, 11) is -4.03. The number of halogens is 2. The van der Waals surface area contributed by atoms with Crippen molar-refractivity contribution < 1.29 is 22.0 Å². The fourth-order valence-electron chi connectivity index (χ4n) is 2.88. The summed E-state index contributed by atoms with van der Waals surface area (Å²) in [5.41, 5.74) is 0. The van der Waals surface area contributed by atoms with Crippen LogP contribution in [0.4, 0.5) is 8.78 Å². The average molecular weight is 400 g/mol. The van der Waals surface area contributed by atoms with Gasteiger partial charge in [-0.3, -0.25) is 4.79 Å². The van der Waals surface area contributed by atoms with Gasteiger partial charge < -0.3 is 5.32 Å². The predicted octanol–water partition coefficient (Wildman–Crippen LogP) is 2.92. The topological polar surface area (TPSA) is 66.5 Å². The van der Waals surface area contributed by atoms with Crippen LogP contribution in [0.25, 0.3) is 0 Å². The Morgan fingerprint density at radius 1 is 1.19 bits per heavy atom. The van der Waals surface area contributed by atoms with Gasteiger partial charge in [0.25, 0.3) is 5.91 Å². The summed E-state index contributed by atoms with van der Waals surface area (Å²) in [6, 6.07) is 5.90. The number of carbonyl (C=O) groups is 1. The fraction of sp³-hybridized carbons (Fsp3) is 0.353. The lowest BCUT2D eigenvalue weighted by Gasteiger charge is -2.31. The molecule has 5 nitrogen and oxygen atoms in total. The van der Waals surface area contributed by atoms with Gasteiger partial charge >= 0.3 is 0 Å². The van der Waals surface area contributed by atoms with E-state index in [-0.39, 0.29) is 25.0 Å². The van der Waals surface area contributed by atoms with Gasteiger partial charge in [-0.1, -0.05) is 0 Å². The van der Waals surface area contributed by atoms with Crippen molar-refractivity contribution in [2.75, 3.05) is 13.1 Å². The zero-order chi connectivity index (χ0) is 18.9. The Balaban J connectivity index is 1.63. The number of aryl methyl sites for hydroxylation is 1. The Morgan fingerprint density at radius 3 is 2.46 bits per heavy atom. The SMILES string of the molecule is Cc1ccc(C(=O)NC2CCN(S(=O)(=O)c3ccc(F)cc3F)CC2)s1. The van der Waals surface area contributed by atoms with E-state index in [9.17, 15) is 22.0 Å². The van der Waals surface area contributed by atoms with E-state index in [0.717, 1.165) is 17.0 Å². The summed E-state index contributed by atoms with van der Waals surface area (Å²) in [5, 5.41) is 2.91. The standard InChI is InChI=1S/C17H18F2N2O3S2/c1-11-2-4-15(25-11)17(22)20-13-6-8-21(9-7-13)26(23,24)16-5-3-12(18)10-14(16)19/h2-5,10,13H,6-9H2,1H3,(H,20,22). The molecule has 1 aromatic carbocycles. The molecule has 0 bridgehead atoms. The minimum Gasteiger partial charge on any atom is -0.349 e. The highest BCUT2D eigenvalue weighted by Crippen LogP contribution is 2.24. The zero-order valence-electron chi connectivity index (χ0n) is 14.0. The maximum absolute atomic E-state index is 13.8. The molecule has 2 aromatic rings. The van der Waals surface area contributed by atoms with E-state index in [1.807, 2.05) is 13.0 Å². The fourth-order valence-corrected chi connectivity index (χ4v) is 5.16. The van der Waals surface area contributed by atoms with E-state index in [0.29, 0.717) is 23.8 Å². The van der Waals surface area contributed by atoms with Crippen LogP contribution < -0.4 is 5.32 Å². The summed E-state index contributed by atoms with van der Waals surface area (Å²) < 4.78 is 53.1. The largest absolute Gasteiger partial charge is 0.349 e. The van der Waals surface area contributed by atoms with Crippen molar-refractivity contribution >= 4 is 27.3 Å². The van der Waals surface area contributed by atoms with Crippen molar-refractivity contribution in [2.45, 2.75) is 30.7 Å². The van der Waals surface area contributed by atoms with Crippen LogP contribution in [0.2, 0.25) is 0 Å². The van der Waals surface area contributed by atoms with E-state index in [4.69, 9.17) is 0 Å². The number of piperidine rings is 1. The molecule has 3 rings (SSSR count). The summed E-state index contributed by atoms with van der Waals surface area (Å²) >= 11 is 1.40. The highest BCUT2D eigenvalue weighted by Gasteiger charge is 2.32. The number of rotatable bonds is 4. The van der Waals surface area contributed by atoms with Gasteiger partial charge in [-0.05, 0) is 44.0 Å². The van der Waals surface area contributed by atoms with E-state index in [1.165, 1.54) is 15.6 Å². The van der Waals surface area contributed by atoms with Crippen molar-refractivity contribution in [3.8, 4) is 0 Å². The molecule has 0 saturated carbocycles. The Morgan fingerprint density at radius 2 is 1.88 bits per heavy atom. The molecule has 0 aliphatic carbocycles. The molecule has 140 valence electrons. The lowest BCUT2D eigenvalue weighted by atomic mass is 10.1. The van der Waals surface area contributed by atoms with Crippen LogP contribution in [0.15, 0.2) is 35.2 Å². The van der Waals surface area contributed by atoms with Crippen LogP contribution in [-0.4, -0.2) is 37.8 Å². The molecule has 1 saturated heterocycles. The van der Waals surface area contributed by atoms with Crippen molar-refractivity contribution in [1.29, 1.82) is 0 Å². The first kappa shape index (κ1) is 18.9. The second-order valence-corrected chi connectivity index (χ2v) is 9.33. The molecule has 1 amide bonds. The number of thiophene rings is 1. The smallest absolute Gasteiger partial charge is 0.261 e. The number of amides is 1. The van der Waals surface area contributed by atoms with Crippen molar-refractivity contribution in [3.63, 3.8) is 0 Å². The molecule has 26 heavy (non-hydrogen) atoms. The number of sulfonamides is 1. The third kappa shape index (κ3) is 3.94. The Kier molecular flexibility index (Phi) is 5.40. The molecule has 0 unspecified atom stereocenters. The minimum atomic E-state index is -4.03. The van der Waals surface area contributed by atoms with E-state index in [2.05, 4.69) is 5.32 Å². The molecule has 1 fully saturated rings. The first-order valence-corrected chi connectivity index (χ1v) is 10.4. The zero-order valence-corrected chi connectivity index (χ0v) is 15.7. The molecule has 9 heteroatoms. The first-order valence-electron chi connectivity index (χ1n) is 8.10. The normalized spacial score (nSPS) is 16.6. The van der Waals surface area contributed by atoms with Crippen LogP contribution in [-0.2, 0) is 10.0 Å². The number of benzene rings is 1. The third-order valence-corrected chi connectivity index (χ3v) is 7.20. The lowest BCUT2D eigenvalue weighted by Crippen LogP contribution is -2.46. The lowest BCUT2D eigenvalue weighted by molar-refractivity contribution is 0.0928. The second-order valence-electron chi connectivity index (χ2n) is 6.14. The summed E-state index contributed by atoms with van der Waals surface area (Å²) in [4.78, 5) is 13.3. The van der Waals surface area contributed by atoms with E-state index >= 15 is 0 Å². The molecular weight excluding hydrogens is 382 g/mol. The van der Waals surface area contributed by atoms with Crippen LogP contribution in [0.5, 0.6) is 0 Å². The Hall–Kier alpha value is -1.84. The number of hydrogen-bond acceptors (Lipinski definition) is 4. The third-order valence-electron chi connectivity index (χ3n) is 4.27. The van der Waals surface area contributed by atoms with Gasteiger partial charge in [0, 0.05) is 30.1 Å². The highest BCUT2D eigenvalue weighted by atomic mass is 32.2. The van der Waals surface area contributed by atoms with Crippen LogP contribution >= 0.6 is 11.3 Å². The van der Waals surface area contributed by atoms with Crippen LogP contribution in [0.3, 0.4) is 0 Å². The molecule has 1 aliphatic rings. The van der Waals surface area contributed by atoms with Gasteiger partial charge in [0.2, 0.25) is 10.0 Å². The predicted molar refractivity (Wildman–Crippen MR) is 94.7 cm³/mol. The second kappa shape index (κ2) is 7.42. The quantitative estimate of drug-likeness (QED) is 0.858. The van der Waals surface area contributed by atoms with Gasteiger partial charge in [0.15, 0.2) is 0 Å². The van der Waals surface area contributed by atoms with Gasteiger partial charge in [-0.2, -0.15) is 4.31 Å². The number of nitrogens with zero attached hydrogens (tertiary/aromatic N) is 1. The molecule has 1 aliphatic heterocycles. The summed E-state index contributed by atoms with van der Waals surface area (Å²) in [5.74, 6) is -2.10. The Bertz CT molecular complexity index is 920. The number of nitrogens with one attached hydrogen (secondary N) is 1. The van der Waals surface area contributed by atoms with Gasteiger partial charge in [-0.25, -0.2) is 17.2 Å². The Labute approximate surface area is 154 Å². The van der Waals surface area contributed by atoms with Crippen LogP contribution in [0, 0.1) is 18.6 Å². The van der Waals surface area contributed by atoms with Crippen molar-refractivity contribution in [3.05, 3.63) is 51.7 Å². The average Bonchev–Trinajstić information content (AvgIpc) is 3.01. The molecular formula is C17H18F2N2O3S2. The summed E-state index contributed by atoms with van der Waals surface area (Å²) in [6.07, 6.45) is 0.857. The van der Waals surface area contributed by atoms with Crippen LogP contribution in [0.1, 0.15) is 27.4 Å². The molecule has 2 heterocycles. The minimum absolute atomic E-state index is 0.144. The number of carbonyl (C=O) groups excluding carboxylic acids is 1. The molecule has 1 N–H and O–H groups in total. The van der Waals surface area contributed by atoms with Gasteiger partial charge in [0.1, 0.15) is 16.5 Å². The summed E-state index contributed by atoms with van der Waals surface area (Å²) in [6.45, 7) is 2.24. The van der Waals surface area contributed by atoms with E-state index < -0.39 is 26.6 Å². The first-order chi connectivity index (χ1) is 12.3. The molecule has 0 radical (unpaired) electrons. The molecule has 0 atom stereocenters. The van der Waals surface area contributed by atoms with Gasteiger partial charge in [0.05, 0.1) is 4.88 Å². The maximum atomic E-state index is 13.8. The van der Waals surface area contributed by atoms with E-state index in [1.54, 1.807) is 6.07 Å². The molecule has 1 aromatic heterocycles. The molecule has 0 spiro atoms. The van der Waals surface area contributed by atoms with Crippen molar-refractivity contribution in [2.24, 2.45) is 0 Å². The number of hydrogen-bond donors (Lipinski definition) is 1. The van der Waals surface area contributed by atoms with Gasteiger partial charge in [-0.15, -0.1) is 11.3 Å². The monoisotopic (exact) mass is 400 g/mol. The van der Waals surface area contributed by atoms with Crippen molar-refractivity contribution in [1.82, 2.24) is 9.62 Å². The highest BCUT2D eigenvalue weighted by molar-refractivity contribution is 7.89.